The van der Waals surface area contributed by atoms with Crippen LogP contribution in [-0.2, 0) is 5.41 Å². The van der Waals surface area contributed by atoms with E-state index in [-0.39, 0.29) is 0 Å². The number of aliphatic hydroxyl groups is 1. The van der Waals surface area contributed by atoms with Gasteiger partial charge in [0.25, 0.3) is 0 Å². The van der Waals surface area contributed by atoms with Crippen molar-refractivity contribution >= 4 is 0 Å². The molecular weight excluding hydrogens is 270 g/mol. The van der Waals surface area contributed by atoms with E-state index in [1.165, 1.54) is 12.1 Å². The van der Waals surface area contributed by atoms with Crippen LogP contribution in [0.5, 0.6) is 0 Å². The zero-order valence-corrected chi connectivity index (χ0v) is 12.0. The van der Waals surface area contributed by atoms with Crippen LogP contribution in [0.3, 0.4) is 0 Å². The van der Waals surface area contributed by atoms with Crippen LogP contribution in [0.25, 0.3) is 0 Å². The number of hydrogen-bond donors (Lipinski definition) is 1. The van der Waals surface area contributed by atoms with E-state index in [4.69, 9.17) is 0 Å². The van der Waals surface area contributed by atoms with Crippen molar-refractivity contribution in [1.82, 2.24) is 0 Å². The first kappa shape index (κ1) is 14.5. The molecule has 0 heterocycles. The first-order valence-corrected chi connectivity index (χ1v) is 7.59. The van der Waals surface area contributed by atoms with Gasteiger partial charge in [0, 0.05) is 11.5 Å². The molecule has 1 unspecified atom stereocenters. The third-order valence-electron chi connectivity index (χ3n) is 5.00. The summed E-state index contributed by atoms with van der Waals surface area (Å²) in [5, 5.41) is 11.2. The van der Waals surface area contributed by atoms with Gasteiger partial charge in [-0.2, -0.15) is 0 Å². The minimum Gasteiger partial charge on any atom is -0.385 e. The molecule has 3 rings (SSSR count). The monoisotopic (exact) mass is 290 g/mol. The van der Waals surface area contributed by atoms with Gasteiger partial charge in [-0.05, 0) is 37.0 Å². The van der Waals surface area contributed by atoms with Crippen molar-refractivity contribution in [3.05, 3.63) is 59.7 Å². The van der Waals surface area contributed by atoms with Gasteiger partial charge in [0.1, 0.15) is 11.6 Å². The minimum absolute atomic E-state index is 0.488. The third-order valence-corrected chi connectivity index (χ3v) is 5.00. The molecule has 0 saturated heterocycles. The van der Waals surface area contributed by atoms with Gasteiger partial charge in [-0.1, -0.05) is 43.6 Å². The van der Waals surface area contributed by atoms with Gasteiger partial charge in [0.15, 0.2) is 0 Å². The van der Waals surface area contributed by atoms with E-state index in [1.54, 1.807) is 6.08 Å². The SMILES string of the molecule is OC1(C2(c3cc(F)cc(F)c3)CCCCC2)C=CC=CC1. The van der Waals surface area contributed by atoms with E-state index < -0.39 is 22.7 Å². The molecule has 1 saturated carbocycles. The maximum absolute atomic E-state index is 13.7. The van der Waals surface area contributed by atoms with E-state index in [0.717, 1.165) is 38.2 Å². The Morgan fingerprint density at radius 1 is 0.905 bits per heavy atom. The molecule has 1 aromatic rings. The lowest BCUT2D eigenvalue weighted by Crippen LogP contribution is -2.52. The molecule has 1 N–H and O–H groups in total. The fourth-order valence-corrected chi connectivity index (χ4v) is 3.92. The van der Waals surface area contributed by atoms with Crippen molar-refractivity contribution in [2.45, 2.75) is 49.5 Å². The zero-order valence-electron chi connectivity index (χ0n) is 12.0. The Balaban J connectivity index is 2.12. The average molecular weight is 290 g/mol. The molecule has 3 heteroatoms. The van der Waals surface area contributed by atoms with Crippen molar-refractivity contribution in [2.75, 3.05) is 0 Å². The van der Waals surface area contributed by atoms with E-state index in [1.807, 2.05) is 18.2 Å². The summed E-state index contributed by atoms with van der Waals surface area (Å²) < 4.78 is 27.4. The number of rotatable bonds is 2. The second kappa shape index (κ2) is 5.38. The summed E-state index contributed by atoms with van der Waals surface area (Å²) in [5.41, 5.74) is -1.08. The lowest BCUT2D eigenvalue weighted by molar-refractivity contribution is -0.0153. The molecule has 2 aliphatic rings. The van der Waals surface area contributed by atoms with Gasteiger partial charge in [-0.25, -0.2) is 8.78 Å². The van der Waals surface area contributed by atoms with Crippen LogP contribution in [0.1, 0.15) is 44.1 Å². The van der Waals surface area contributed by atoms with Crippen LogP contribution in [0.4, 0.5) is 8.78 Å². The van der Waals surface area contributed by atoms with Gasteiger partial charge in [-0.3, -0.25) is 0 Å². The third kappa shape index (κ3) is 2.44. The highest BCUT2D eigenvalue weighted by atomic mass is 19.1. The molecule has 2 aliphatic carbocycles. The molecule has 1 aromatic carbocycles. The predicted octanol–water partition coefficient (Wildman–Crippen LogP) is 4.41. The Kier molecular flexibility index (Phi) is 3.70. The molecule has 0 amide bonds. The van der Waals surface area contributed by atoms with E-state index >= 15 is 0 Å². The van der Waals surface area contributed by atoms with Crippen LogP contribution in [0.15, 0.2) is 42.5 Å². The molecule has 1 atom stereocenters. The summed E-state index contributed by atoms with van der Waals surface area (Å²) in [4.78, 5) is 0. The average Bonchev–Trinajstić information content (AvgIpc) is 2.47. The Bertz CT molecular complexity index is 565. The summed E-state index contributed by atoms with van der Waals surface area (Å²) in [6, 6.07) is 3.66. The number of allylic oxidation sites excluding steroid dienone is 2. The Labute approximate surface area is 124 Å². The summed E-state index contributed by atoms with van der Waals surface area (Å²) in [6.45, 7) is 0. The molecule has 0 bridgehead atoms. The van der Waals surface area contributed by atoms with Crippen molar-refractivity contribution in [1.29, 1.82) is 0 Å². The van der Waals surface area contributed by atoms with Gasteiger partial charge in [-0.15, -0.1) is 0 Å². The first-order valence-electron chi connectivity index (χ1n) is 7.59. The van der Waals surface area contributed by atoms with Crippen LogP contribution in [-0.4, -0.2) is 10.7 Å². The highest BCUT2D eigenvalue weighted by Gasteiger charge is 2.50. The molecule has 112 valence electrons. The van der Waals surface area contributed by atoms with E-state index in [9.17, 15) is 13.9 Å². The molecule has 0 spiro atoms. The Morgan fingerprint density at radius 2 is 1.57 bits per heavy atom. The number of hydrogen-bond acceptors (Lipinski definition) is 1. The molecule has 21 heavy (non-hydrogen) atoms. The topological polar surface area (TPSA) is 20.2 Å². The van der Waals surface area contributed by atoms with Gasteiger partial charge in [0.05, 0.1) is 5.60 Å². The molecule has 1 fully saturated rings. The quantitative estimate of drug-likeness (QED) is 0.855. The molecule has 0 aliphatic heterocycles. The standard InChI is InChI=1S/C18H20F2O/c19-15-11-14(12-16(20)13-15)17(7-3-1-4-8-17)18(21)9-5-2-6-10-18/h2,5-6,9,11-13,21H,1,3-4,7-8,10H2. The highest BCUT2D eigenvalue weighted by Crippen LogP contribution is 2.50. The summed E-state index contributed by atoms with van der Waals surface area (Å²) in [5.74, 6) is -1.15. The van der Waals surface area contributed by atoms with Crippen LogP contribution >= 0.6 is 0 Å². The molecule has 1 nitrogen and oxygen atoms in total. The maximum atomic E-state index is 13.7. The van der Waals surface area contributed by atoms with Gasteiger partial charge < -0.3 is 5.11 Å². The minimum atomic E-state index is -1.07. The number of halogens is 2. The lowest BCUT2D eigenvalue weighted by atomic mass is 9.58. The summed E-state index contributed by atoms with van der Waals surface area (Å²) >= 11 is 0. The second-order valence-corrected chi connectivity index (χ2v) is 6.22. The van der Waals surface area contributed by atoms with Crippen molar-refractivity contribution in [3.63, 3.8) is 0 Å². The second-order valence-electron chi connectivity index (χ2n) is 6.22. The fourth-order valence-electron chi connectivity index (χ4n) is 3.92. The van der Waals surface area contributed by atoms with Crippen LogP contribution in [0.2, 0.25) is 0 Å². The fraction of sp³-hybridized carbons (Fsp3) is 0.444. The van der Waals surface area contributed by atoms with Crippen molar-refractivity contribution < 1.29 is 13.9 Å². The maximum Gasteiger partial charge on any atom is 0.126 e. The number of benzene rings is 1. The van der Waals surface area contributed by atoms with Crippen LogP contribution in [0, 0.1) is 11.6 Å². The van der Waals surface area contributed by atoms with Crippen molar-refractivity contribution in [2.24, 2.45) is 0 Å². The summed E-state index contributed by atoms with van der Waals surface area (Å²) in [6.07, 6.45) is 12.5. The smallest absolute Gasteiger partial charge is 0.126 e. The summed E-state index contributed by atoms with van der Waals surface area (Å²) in [7, 11) is 0. The largest absolute Gasteiger partial charge is 0.385 e. The van der Waals surface area contributed by atoms with Gasteiger partial charge >= 0.3 is 0 Å². The molecular formula is C18H20F2O. The van der Waals surface area contributed by atoms with Crippen LogP contribution < -0.4 is 0 Å². The Hall–Kier alpha value is -1.48. The highest BCUT2D eigenvalue weighted by molar-refractivity contribution is 5.37. The van der Waals surface area contributed by atoms with E-state index in [0.29, 0.717) is 12.0 Å². The molecule has 0 aromatic heterocycles. The Morgan fingerprint density at radius 3 is 2.14 bits per heavy atom. The normalized spacial score (nSPS) is 27.8. The first-order chi connectivity index (χ1) is 10.1. The van der Waals surface area contributed by atoms with E-state index in [2.05, 4.69) is 0 Å². The van der Waals surface area contributed by atoms with Gasteiger partial charge in [0.2, 0.25) is 0 Å². The molecule has 0 radical (unpaired) electrons. The zero-order chi connectivity index (χ0) is 14.9. The lowest BCUT2D eigenvalue weighted by Gasteiger charge is -2.49. The predicted molar refractivity (Wildman–Crippen MR) is 79.0 cm³/mol. The van der Waals surface area contributed by atoms with Crippen molar-refractivity contribution in [3.8, 4) is 0 Å².